The second-order valence-corrected chi connectivity index (χ2v) is 6.85. The molecule has 1 aliphatic rings. The van der Waals surface area contributed by atoms with E-state index in [1.165, 1.54) is 5.56 Å². The summed E-state index contributed by atoms with van der Waals surface area (Å²) < 4.78 is 2.13. The van der Waals surface area contributed by atoms with Crippen LogP contribution in [0.1, 0.15) is 23.5 Å². The van der Waals surface area contributed by atoms with E-state index in [-0.39, 0.29) is 0 Å². The summed E-state index contributed by atoms with van der Waals surface area (Å²) in [5, 5.41) is 3.52. The molecule has 0 atom stereocenters. The lowest BCUT2D eigenvalue weighted by Crippen LogP contribution is -2.10. The number of pyridine rings is 1. The molecule has 1 aliphatic carbocycles. The highest BCUT2D eigenvalue weighted by molar-refractivity contribution is 5.75. The van der Waals surface area contributed by atoms with E-state index in [2.05, 4.69) is 28.0 Å². The summed E-state index contributed by atoms with van der Waals surface area (Å²) in [4.78, 5) is 18.5. The molecule has 0 unspecified atom stereocenters. The molecule has 5 rings (SSSR count). The van der Waals surface area contributed by atoms with Crippen LogP contribution in [0.5, 0.6) is 0 Å². The van der Waals surface area contributed by atoms with Gasteiger partial charge in [0.25, 0.3) is 0 Å². The van der Waals surface area contributed by atoms with Crippen LogP contribution in [0.3, 0.4) is 0 Å². The minimum Gasteiger partial charge on any atom is -0.362 e. The van der Waals surface area contributed by atoms with Crippen molar-refractivity contribution in [1.82, 2.24) is 24.5 Å². The largest absolute Gasteiger partial charge is 0.362 e. The van der Waals surface area contributed by atoms with Crippen LogP contribution in [0.4, 0.5) is 5.82 Å². The Balaban J connectivity index is 1.49. The van der Waals surface area contributed by atoms with Gasteiger partial charge in [-0.1, -0.05) is 12.1 Å². The molecule has 0 spiro atoms. The fourth-order valence-corrected chi connectivity index (χ4v) is 3.72. The number of hydrogen-bond acceptors (Lipinski definition) is 5. The number of imidazole rings is 1. The highest BCUT2D eigenvalue weighted by Crippen LogP contribution is 2.29. The second-order valence-electron chi connectivity index (χ2n) is 6.85. The normalized spacial score (nSPS) is 13.1. The molecule has 3 aromatic heterocycles. The number of benzene rings is 1. The van der Waals surface area contributed by atoms with Gasteiger partial charge in [0.15, 0.2) is 5.82 Å². The quantitative estimate of drug-likeness (QED) is 0.606. The van der Waals surface area contributed by atoms with Crippen LogP contribution in [0, 0.1) is 0 Å². The highest BCUT2D eigenvalue weighted by Gasteiger charge is 2.20. The fraction of sp³-hybridized carbons (Fsp3) is 0.238. The molecule has 0 saturated heterocycles. The Bertz CT molecular complexity index is 1120. The maximum absolute atomic E-state index is 4.81. The number of fused-ring (bicyclic) bond motifs is 2. The molecule has 134 valence electrons. The van der Waals surface area contributed by atoms with E-state index in [1.54, 1.807) is 6.20 Å². The number of para-hydroxylation sites is 2. The minimum atomic E-state index is 0.626. The van der Waals surface area contributed by atoms with E-state index in [0.717, 1.165) is 59.0 Å². The second kappa shape index (κ2) is 6.46. The van der Waals surface area contributed by atoms with Gasteiger partial charge in [-0.2, -0.15) is 0 Å². The summed E-state index contributed by atoms with van der Waals surface area (Å²) in [6.45, 7) is 0.626. The summed E-state index contributed by atoms with van der Waals surface area (Å²) in [5.74, 6) is 2.64. The Kier molecular flexibility index (Phi) is 3.81. The highest BCUT2D eigenvalue weighted by atomic mass is 15.1. The van der Waals surface area contributed by atoms with Gasteiger partial charge >= 0.3 is 0 Å². The number of rotatable bonds is 4. The van der Waals surface area contributed by atoms with Crippen LogP contribution in [0.15, 0.2) is 48.8 Å². The Hall–Kier alpha value is -3.28. The summed E-state index contributed by atoms with van der Waals surface area (Å²) in [5.41, 5.74) is 5.48. The zero-order chi connectivity index (χ0) is 18.2. The molecular formula is C21H20N6. The number of nitrogens with one attached hydrogen (secondary N) is 1. The molecule has 0 fully saturated rings. The first-order chi connectivity index (χ1) is 13.3. The first-order valence-corrected chi connectivity index (χ1v) is 9.24. The molecule has 1 aromatic carbocycles. The predicted octanol–water partition coefficient (Wildman–Crippen LogP) is 3.53. The number of aromatic nitrogens is 5. The standard InChI is InChI=1S/C21H20N6/c1-27-18-10-3-2-8-17(18)24-19(27)13-23-21-15-7-4-9-16(15)25-20(26-21)14-6-5-11-22-12-14/h2-3,5-6,8,10-12H,4,7,9,13H2,1H3,(H,23,25,26). The van der Waals surface area contributed by atoms with Gasteiger partial charge in [-0.25, -0.2) is 15.0 Å². The smallest absolute Gasteiger partial charge is 0.163 e. The van der Waals surface area contributed by atoms with Crippen molar-refractivity contribution >= 4 is 16.9 Å². The summed E-state index contributed by atoms with van der Waals surface area (Å²) in [6.07, 6.45) is 6.73. The molecule has 1 N–H and O–H groups in total. The topological polar surface area (TPSA) is 68.5 Å². The minimum absolute atomic E-state index is 0.626. The van der Waals surface area contributed by atoms with E-state index >= 15 is 0 Å². The van der Waals surface area contributed by atoms with Gasteiger partial charge < -0.3 is 9.88 Å². The van der Waals surface area contributed by atoms with Gasteiger partial charge in [0.05, 0.1) is 17.6 Å². The molecule has 4 aromatic rings. The van der Waals surface area contributed by atoms with Crippen molar-refractivity contribution in [3.8, 4) is 11.4 Å². The maximum atomic E-state index is 4.81. The van der Waals surface area contributed by atoms with E-state index in [9.17, 15) is 0 Å². The third-order valence-corrected chi connectivity index (χ3v) is 5.15. The number of anilines is 1. The van der Waals surface area contributed by atoms with Gasteiger partial charge in [0, 0.05) is 36.3 Å². The third-order valence-electron chi connectivity index (χ3n) is 5.15. The first-order valence-electron chi connectivity index (χ1n) is 9.24. The molecular weight excluding hydrogens is 336 g/mol. The summed E-state index contributed by atoms with van der Waals surface area (Å²) in [6, 6.07) is 12.1. The van der Waals surface area contributed by atoms with Crippen molar-refractivity contribution < 1.29 is 0 Å². The lowest BCUT2D eigenvalue weighted by molar-refractivity contribution is 0.829. The number of aryl methyl sites for hydroxylation is 2. The van der Waals surface area contributed by atoms with E-state index in [1.807, 2.05) is 36.5 Å². The molecule has 0 bridgehead atoms. The number of hydrogen-bond donors (Lipinski definition) is 1. The van der Waals surface area contributed by atoms with Crippen molar-refractivity contribution in [3.05, 3.63) is 65.9 Å². The Labute approximate surface area is 157 Å². The molecule has 6 heteroatoms. The van der Waals surface area contributed by atoms with E-state index in [4.69, 9.17) is 15.0 Å². The van der Waals surface area contributed by atoms with Gasteiger partial charge in [-0.3, -0.25) is 4.98 Å². The maximum Gasteiger partial charge on any atom is 0.163 e. The Morgan fingerprint density at radius 3 is 2.81 bits per heavy atom. The summed E-state index contributed by atoms with van der Waals surface area (Å²) in [7, 11) is 2.05. The van der Waals surface area contributed by atoms with Crippen molar-refractivity contribution in [2.45, 2.75) is 25.8 Å². The van der Waals surface area contributed by atoms with E-state index < -0.39 is 0 Å². The van der Waals surface area contributed by atoms with Crippen LogP contribution in [-0.2, 0) is 26.4 Å². The van der Waals surface area contributed by atoms with Crippen LogP contribution >= 0.6 is 0 Å². The lowest BCUT2D eigenvalue weighted by atomic mass is 10.2. The van der Waals surface area contributed by atoms with Crippen LogP contribution in [0.25, 0.3) is 22.4 Å². The molecule has 0 saturated carbocycles. The average Bonchev–Trinajstić information content (AvgIpc) is 3.32. The van der Waals surface area contributed by atoms with Gasteiger partial charge in [0.2, 0.25) is 0 Å². The zero-order valence-electron chi connectivity index (χ0n) is 15.2. The predicted molar refractivity (Wildman–Crippen MR) is 105 cm³/mol. The fourth-order valence-electron chi connectivity index (χ4n) is 3.72. The molecule has 0 aliphatic heterocycles. The van der Waals surface area contributed by atoms with E-state index in [0.29, 0.717) is 6.54 Å². The first kappa shape index (κ1) is 15.9. The van der Waals surface area contributed by atoms with Crippen molar-refractivity contribution in [1.29, 1.82) is 0 Å². The van der Waals surface area contributed by atoms with Crippen molar-refractivity contribution in [2.75, 3.05) is 5.32 Å². The Morgan fingerprint density at radius 2 is 1.96 bits per heavy atom. The van der Waals surface area contributed by atoms with Gasteiger partial charge in [-0.05, 0) is 43.5 Å². The monoisotopic (exact) mass is 356 g/mol. The van der Waals surface area contributed by atoms with Crippen molar-refractivity contribution in [2.24, 2.45) is 7.05 Å². The molecule has 3 heterocycles. The van der Waals surface area contributed by atoms with Gasteiger partial charge in [0.1, 0.15) is 11.6 Å². The zero-order valence-corrected chi connectivity index (χ0v) is 15.2. The molecule has 6 nitrogen and oxygen atoms in total. The van der Waals surface area contributed by atoms with Gasteiger partial charge in [-0.15, -0.1) is 0 Å². The van der Waals surface area contributed by atoms with Crippen molar-refractivity contribution in [3.63, 3.8) is 0 Å². The average molecular weight is 356 g/mol. The van der Waals surface area contributed by atoms with Crippen LogP contribution in [-0.4, -0.2) is 24.5 Å². The van der Waals surface area contributed by atoms with Crippen LogP contribution < -0.4 is 5.32 Å². The third kappa shape index (κ3) is 2.83. The number of nitrogens with zero attached hydrogens (tertiary/aromatic N) is 5. The van der Waals surface area contributed by atoms with Crippen LogP contribution in [0.2, 0.25) is 0 Å². The Morgan fingerprint density at radius 1 is 1.04 bits per heavy atom. The summed E-state index contributed by atoms with van der Waals surface area (Å²) >= 11 is 0. The molecule has 0 radical (unpaired) electrons. The molecule has 0 amide bonds. The SMILES string of the molecule is Cn1c(CNc2nc(-c3cccnc3)nc3c2CCC3)nc2ccccc21. The lowest BCUT2D eigenvalue weighted by Gasteiger charge is -2.12. The molecule has 27 heavy (non-hydrogen) atoms.